The van der Waals surface area contributed by atoms with Crippen LogP contribution in [0.4, 0.5) is 10.1 Å². The molecule has 0 radical (unpaired) electrons. The Morgan fingerprint density at radius 1 is 1.09 bits per heavy atom. The zero-order valence-corrected chi connectivity index (χ0v) is 20.4. The number of carbonyl (C=O) groups excluding carboxylic acids is 3. The minimum absolute atomic E-state index is 0.0557. The molecule has 1 fully saturated rings. The van der Waals surface area contributed by atoms with Crippen molar-refractivity contribution >= 4 is 46.1 Å². The van der Waals surface area contributed by atoms with E-state index in [4.69, 9.17) is 0 Å². The van der Waals surface area contributed by atoms with Crippen molar-refractivity contribution in [3.8, 4) is 0 Å². The molecular formula is C25H26FN3O3S2. The first-order chi connectivity index (χ1) is 16.4. The van der Waals surface area contributed by atoms with Crippen LogP contribution in [0.15, 0.2) is 53.2 Å². The van der Waals surface area contributed by atoms with Crippen LogP contribution in [0.2, 0.25) is 0 Å². The van der Waals surface area contributed by atoms with Gasteiger partial charge in [0.05, 0.1) is 11.4 Å². The maximum Gasteiger partial charge on any atom is 0.261 e. The molecule has 0 aliphatic heterocycles. The van der Waals surface area contributed by atoms with Crippen LogP contribution in [0.1, 0.15) is 51.8 Å². The molecule has 9 heteroatoms. The first-order valence-corrected chi connectivity index (χ1v) is 12.9. The number of thiophene rings is 2. The molecule has 1 aromatic carbocycles. The molecule has 3 amide bonds. The molecule has 2 heterocycles. The Hall–Kier alpha value is -3.04. The fourth-order valence-electron chi connectivity index (χ4n) is 4.08. The first kappa shape index (κ1) is 24.1. The van der Waals surface area contributed by atoms with E-state index < -0.39 is 17.8 Å². The van der Waals surface area contributed by atoms with Gasteiger partial charge >= 0.3 is 0 Å². The third kappa shape index (κ3) is 5.53. The van der Waals surface area contributed by atoms with Crippen molar-refractivity contribution in [3.05, 3.63) is 74.4 Å². The van der Waals surface area contributed by atoms with Gasteiger partial charge < -0.3 is 10.6 Å². The third-order valence-electron chi connectivity index (χ3n) is 5.87. The molecule has 0 bridgehead atoms. The number of carbonyl (C=O) groups is 3. The summed E-state index contributed by atoms with van der Waals surface area (Å²) in [4.78, 5) is 41.9. The van der Waals surface area contributed by atoms with E-state index in [1.165, 1.54) is 33.6 Å². The number of rotatable bonds is 8. The molecule has 1 aliphatic rings. The number of benzene rings is 1. The molecule has 1 aliphatic carbocycles. The van der Waals surface area contributed by atoms with Crippen LogP contribution >= 0.6 is 22.7 Å². The zero-order valence-electron chi connectivity index (χ0n) is 18.8. The lowest BCUT2D eigenvalue weighted by Crippen LogP contribution is -2.49. The number of nitrogens with zero attached hydrogens (tertiary/aromatic N) is 1. The van der Waals surface area contributed by atoms with Gasteiger partial charge in [-0.1, -0.05) is 31.0 Å². The summed E-state index contributed by atoms with van der Waals surface area (Å²) in [6, 6.07) is 10.6. The number of anilines is 1. The largest absolute Gasteiger partial charge is 0.351 e. The molecule has 1 saturated carbocycles. The van der Waals surface area contributed by atoms with Crippen LogP contribution in [0.3, 0.4) is 0 Å². The van der Waals surface area contributed by atoms with E-state index in [-0.39, 0.29) is 30.1 Å². The quantitative estimate of drug-likeness (QED) is 0.466. The van der Waals surface area contributed by atoms with E-state index in [0.29, 0.717) is 15.3 Å². The van der Waals surface area contributed by atoms with Crippen molar-refractivity contribution in [1.82, 2.24) is 10.6 Å². The zero-order chi connectivity index (χ0) is 24.1. The van der Waals surface area contributed by atoms with Crippen molar-refractivity contribution in [2.24, 2.45) is 0 Å². The van der Waals surface area contributed by atoms with E-state index in [9.17, 15) is 18.8 Å². The average Bonchev–Trinajstić information content (AvgIpc) is 3.61. The molecule has 0 saturated heterocycles. The summed E-state index contributed by atoms with van der Waals surface area (Å²) >= 11 is 2.62. The Morgan fingerprint density at radius 3 is 2.47 bits per heavy atom. The molecular weight excluding hydrogens is 473 g/mol. The minimum Gasteiger partial charge on any atom is -0.351 e. The van der Waals surface area contributed by atoms with Gasteiger partial charge in [0.15, 0.2) is 0 Å². The van der Waals surface area contributed by atoms with E-state index >= 15 is 0 Å². The van der Waals surface area contributed by atoms with Crippen LogP contribution in [0, 0.1) is 12.7 Å². The first-order valence-electron chi connectivity index (χ1n) is 11.2. The SMILES string of the molecule is Cc1ccc(N(C(=O)CNC(=O)c2cccs2)[C@@H](C(=O)NC2CCCC2)c2cccs2)cc1F. The summed E-state index contributed by atoms with van der Waals surface area (Å²) in [5.41, 5.74) is 0.698. The Bertz CT molecular complexity index is 1140. The number of halogens is 1. The highest BCUT2D eigenvalue weighted by Crippen LogP contribution is 2.32. The predicted molar refractivity (Wildman–Crippen MR) is 133 cm³/mol. The molecule has 2 aromatic heterocycles. The molecule has 34 heavy (non-hydrogen) atoms. The van der Waals surface area contributed by atoms with E-state index in [1.54, 1.807) is 42.6 Å². The van der Waals surface area contributed by atoms with Gasteiger partial charge in [-0.15, -0.1) is 22.7 Å². The summed E-state index contributed by atoms with van der Waals surface area (Å²) in [5.74, 6) is -1.66. The van der Waals surface area contributed by atoms with E-state index in [1.807, 2.05) is 11.4 Å². The Morgan fingerprint density at radius 2 is 1.82 bits per heavy atom. The van der Waals surface area contributed by atoms with Crippen LogP contribution in [-0.4, -0.2) is 30.3 Å². The van der Waals surface area contributed by atoms with Crippen LogP contribution in [-0.2, 0) is 9.59 Å². The fourth-order valence-corrected chi connectivity index (χ4v) is 5.53. The Kier molecular flexibility index (Phi) is 7.74. The second kappa shape index (κ2) is 10.9. The summed E-state index contributed by atoms with van der Waals surface area (Å²) < 4.78 is 14.5. The van der Waals surface area contributed by atoms with Crippen molar-refractivity contribution in [1.29, 1.82) is 0 Å². The maximum absolute atomic E-state index is 14.5. The number of aryl methyl sites for hydroxylation is 1. The van der Waals surface area contributed by atoms with Crippen LogP contribution in [0.25, 0.3) is 0 Å². The smallest absolute Gasteiger partial charge is 0.261 e. The van der Waals surface area contributed by atoms with E-state index in [0.717, 1.165) is 25.7 Å². The fraction of sp³-hybridized carbons (Fsp3) is 0.320. The van der Waals surface area contributed by atoms with Crippen LogP contribution < -0.4 is 15.5 Å². The van der Waals surface area contributed by atoms with Gasteiger partial charge in [0, 0.05) is 16.6 Å². The molecule has 2 N–H and O–H groups in total. The lowest BCUT2D eigenvalue weighted by atomic mass is 10.1. The highest BCUT2D eigenvalue weighted by atomic mass is 32.1. The molecule has 178 valence electrons. The summed E-state index contributed by atoms with van der Waals surface area (Å²) in [6.45, 7) is 1.31. The standard InChI is InChI=1S/C25H26FN3O3S2/c1-16-10-11-18(14-19(16)26)29(22(30)15-27-24(31)21-9-5-13-34-21)23(20-8-4-12-33-20)25(32)28-17-6-2-3-7-17/h4-5,8-14,17,23H,2-3,6-7,15H2,1H3,(H,27,31)(H,28,32)/t23-/m1/s1. The number of amides is 3. The monoisotopic (exact) mass is 499 g/mol. The highest BCUT2D eigenvalue weighted by Gasteiger charge is 2.35. The normalized spacial score (nSPS) is 14.5. The Balaban J connectivity index is 1.66. The second-order valence-corrected chi connectivity index (χ2v) is 10.2. The topological polar surface area (TPSA) is 78.5 Å². The molecule has 0 spiro atoms. The summed E-state index contributed by atoms with van der Waals surface area (Å²) in [5, 5.41) is 9.32. The van der Waals surface area contributed by atoms with Crippen molar-refractivity contribution in [3.63, 3.8) is 0 Å². The van der Waals surface area contributed by atoms with Gasteiger partial charge in [-0.2, -0.15) is 0 Å². The summed E-state index contributed by atoms with van der Waals surface area (Å²) in [6.07, 6.45) is 3.89. The average molecular weight is 500 g/mol. The van der Waals surface area contributed by atoms with Gasteiger partial charge in [-0.3, -0.25) is 19.3 Å². The predicted octanol–water partition coefficient (Wildman–Crippen LogP) is 4.82. The second-order valence-electron chi connectivity index (χ2n) is 8.27. The molecule has 6 nitrogen and oxygen atoms in total. The van der Waals surface area contributed by atoms with Gasteiger partial charge in [0.2, 0.25) is 11.8 Å². The van der Waals surface area contributed by atoms with Crippen LogP contribution in [0.5, 0.6) is 0 Å². The molecule has 3 aromatic rings. The Labute approximate surface area is 205 Å². The lowest BCUT2D eigenvalue weighted by Gasteiger charge is -2.31. The maximum atomic E-state index is 14.5. The highest BCUT2D eigenvalue weighted by molar-refractivity contribution is 7.12. The van der Waals surface area contributed by atoms with Gasteiger partial charge in [0.1, 0.15) is 11.9 Å². The molecule has 4 rings (SSSR count). The van der Waals surface area contributed by atoms with Gasteiger partial charge in [0.25, 0.3) is 5.91 Å². The molecule has 0 unspecified atom stereocenters. The van der Waals surface area contributed by atoms with Crippen molar-refractivity contribution in [2.45, 2.75) is 44.7 Å². The van der Waals surface area contributed by atoms with E-state index in [2.05, 4.69) is 10.6 Å². The van der Waals surface area contributed by atoms with Crippen molar-refractivity contribution in [2.75, 3.05) is 11.4 Å². The number of hydrogen-bond acceptors (Lipinski definition) is 5. The van der Waals surface area contributed by atoms with Gasteiger partial charge in [-0.25, -0.2) is 4.39 Å². The lowest BCUT2D eigenvalue weighted by molar-refractivity contribution is -0.126. The third-order valence-corrected chi connectivity index (χ3v) is 7.66. The number of hydrogen-bond donors (Lipinski definition) is 2. The molecule has 1 atom stereocenters. The van der Waals surface area contributed by atoms with Crippen molar-refractivity contribution < 1.29 is 18.8 Å². The van der Waals surface area contributed by atoms with Gasteiger partial charge in [-0.05, 0) is 60.4 Å². The minimum atomic E-state index is -0.978. The summed E-state index contributed by atoms with van der Waals surface area (Å²) in [7, 11) is 0. The number of nitrogens with one attached hydrogen (secondary N) is 2.